The number of fused-ring (bicyclic) bond motifs is 1. The lowest BCUT2D eigenvalue weighted by molar-refractivity contribution is 0.199. The molecule has 0 amide bonds. The van der Waals surface area contributed by atoms with Gasteiger partial charge in [0.2, 0.25) is 0 Å². The summed E-state index contributed by atoms with van der Waals surface area (Å²) >= 11 is 0. The number of hydrogen-bond donors (Lipinski definition) is 3. The van der Waals surface area contributed by atoms with Crippen molar-refractivity contribution in [3.05, 3.63) is 89.0 Å². The van der Waals surface area contributed by atoms with E-state index >= 15 is 0 Å². The quantitative estimate of drug-likeness (QED) is 0.298. The fourth-order valence-corrected chi connectivity index (χ4v) is 6.27. The van der Waals surface area contributed by atoms with Gasteiger partial charge in [0.25, 0.3) is 0 Å². The Kier molecular flexibility index (Phi) is 7.58. The average molecular weight is 519 g/mol. The zero-order chi connectivity index (χ0) is 26.0. The van der Waals surface area contributed by atoms with E-state index in [1.54, 1.807) is 23.9 Å². The number of aliphatic hydroxyl groups is 1. The predicted octanol–water partition coefficient (Wildman–Crippen LogP) is 5.17. The first-order valence-electron chi connectivity index (χ1n) is 11.6. The molecule has 1 aromatic heterocycles. The number of aliphatic hydroxyl groups excluding tert-OH is 1. The third kappa shape index (κ3) is 5.21. The zero-order valence-corrected chi connectivity index (χ0v) is 21.0. The maximum Gasteiger partial charge on any atom is 0.194 e. The molecule has 0 aliphatic carbocycles. The van der Waals surface area contributed by atoms with Crippen molar-refractivity contribution in [2.45, 2.75) is 36.9 Å². The summed E-state index contributed by atoms with van der Waals surface area (Å²) < 4.78 is 63.5. The van der Waals surface area contributed by atoms with Gasteiger partial charge in [0, 0.05) is 49.7 Å². The van der Waals surface area contributed by atoms with Crippen molar-refractivity contribution < 1.29 is 22.5 Å². The maximum atomic E-state index is 13.9. The van der Waals surface area contributed by atoms with Crippen molar-refractivity contribution in [1.82, 2.24) is 9.29 Å². The van der Waals surface area contributed by atoms with E-state index in [-0.39, 0.29) is 17.6 Å². The Morgan fingerprint density at radius 1 is 1.19 bits per heavy atom. The van der Waals surface area contributed by atoms with Crippen LogP contribution in [-0.4, -0.2) is 27.0 Å². The van der Waals surface area contributed by atoms with Crippen molar-refractivity contribution in [3.63, 3.8) is 0 Å². The number of aryl methyl sites for hydroxylation is 2. The molecule has 2 heterocycles. The highest BCUT2D eigenvalue weighted by molar-refractivity contribution is 7.91. The first-order chi connectivity index (χ1) is 17.1. The average Bonchev–Trinajstić information content (AvgIpc) is 3.13. The van der Waals surface area contributed by atoms with Crippen LogP contribution in [0.4, 0.5) is 18.9 Å². The Hall–Kier alpha value is -3.08. The molecule has 2 aromatic carbocycles. The van der Waals surface area contributed by atoms with Crippen LogP contribution in [-0.2, 0) is 23.4 Å². The molecular weight excluding hydrogens is 489 g/mol. The number of hydrogen-bond acceptors (Lipinski definition) is 4. The van der Waals surface area contributed by atoms with E-state index in [2.05, 4.69) is 33.5 Å². The molecule has 0 radical (unpaired) electrons. The summed E-state index contributed by atoms with van der Waals surface area (Å²) in [6.07, 6.45) is 5.59. The fourth-order valence-electron chi connectivity index (χ4n) is 4.39. The first-order valence-corrected chi connectivity index (χ1v) is 13.1. The molecule has 0 fully saturated rings. The highest BCUT2D eigenvalue weighted by Gasteiger charge is 2.31. The summed E-state index contributed by atoms with van der Waals surface area (Å²) in [4.78, 5) is 0.397. The van der Waals surface area contributed by atoms with E-state index < -0.39 is 33.6 Å². The van der Waals surface area contributed by atoms with Gasteiger partial charge in [-0.05, 0) is 24.3 Å². The molecule has 0 saturated heterocycles. The van der Waals surface area contributed by atoms with Gasteiger partial charge in [0.1, 0.15) is 9.92 Å². The third-order valence-corrected chi connectivity index (χ3v) is 8.47. The van der Waals surface area contributed by atoms with Crippen LogP contribution in [0.3, 0.4) is 0 Å². The fraction of sp³-hybridized carbons (Fsp3) is 0.308. The minimum Gasteiger partial charge on any atom is -0.368 e. The van der Waals surface area contributed by atoms with Crippen LogP contribution >= 0.6 is 0 Å². The number of nitrogens with zero attached hydrogens (tertiary/aromatic N) is 2. The van der Waals surface area contributed by atoms with Crippen molar-refractivity contribution in [2.75, 3.05) is 12.4 Å². The van der Waals surface area contributed by atoms with E-state index in [4.69, 9.17) is 0 Å². The molecule has 0 bridgehead atoms. The molecule has 3 aromatic rings. The number of rotatable bonds is 7. The van der Waals surface area contributed by atoms with Gasteiger partial charge >= 0.3 is 0 Å². The number of benzene rings is 2. The Balaban J connectivity index is 1.63. The van der Waals surface area contributed by atoms with Gasteiger partial charge in [0.05, 0.1) is 10.6 Å². The SMILES string of the molecule is CN=S1(=O)N[C@@H](C(C)CCc2ccccc2)C=Cc2c1cn(C)c2C(O)Nc1cc(F)c(F)c(F)c1. The molecule has 4 rings (SSSR count). The molecule has 6 nitrogen and oxygen atoms in total. The molecule has 3 N–H and O–H groups in total. The number of nitrogens with one attached hydrogen (secondary N) is 2. The van der Waals surface area contributed by atoms with Crippen molar-refractivity contribution in [1.29, 1.82) is 0 Å². The molecule has 36 heavy (non-hydrogen) atoms. The lowest BCUT2D eigenvalue weighted by atomic mass is 9.94. The van der Waals surface area contributed by atoms with Gasteiger partial charge in [-0.1, -0.05) is 49.4 Å². The number of halogens is 3. The molecular formula is C26H29F3N4O2S. The largest absolute Gasteiger partial charge is 0.368 e. The lowest BCUT2D eigenvalue weighted by Gasteiger charge is -2.23. The van der Waals surface area contributed by atoms with Crippen LogP contribution in [0.15, 0.2) is 64.0 Å². The second-order valence-electron chi connectivity index (χ2n) is 8.92. The molecule has 0 spiro atoms. The normalized spacial score (nSPS) is 20.9. The second-order valence-corrected chi connectivity index (χ2v) is 11.0. The Morgan fingerprint density at radius 2 is 1.86 bits per heavy atom. The van der Waals surface area contributed by atoms with E-state index in [0.29, 0.717) is 16.2 Å². The summed E-state index contributed by atoms with van der Waals surface area (Å²) in [7, 11) is 0.0856. The van der Waals surface area contributed by atoms with Crippen LogP contribution < -0.4 is 10.0 Å². The van der Waals surface area contributed by atoms with Gasteiger partial charge in [-0.2, -0.15) is 0 Å². The third-order valence-electron chi connectivity index (χ3n) is 6.44. The summed E-state index contributed by atoms with van der Waals surface area (Å²) in [5.74, 6) is -4.22. The molecule has 10 heteroatoms. The van der Waals surface area contributed by atoms with Crippen LogP contribution in [0, 0.1) is 23.4 Å². The molecule has 3 unspecified atom stereocenters. The van der Waals surface area contributed by atoms with Gasteiger partial charge in [-0.15, -0.1) is 0 Å². The first kappa shape index (κ1) is 26.0. The van der Waals surface area contributed by atoms with Crippen molar-refractivity contribution in [2.24, 2.45) is 17.3 Å². The van der Waals surface area contributed by atoms with Crippen molar-refractivity contribution >= 4 is 21.7 Å². The monoisotopic (exact) mass is 518 g/mol. The summed E-state index contributed by atoms with van der Waals surface area (Å²) in [5.41, 5.74) is 1.89. The van der Waals surface area contributed by atoms with Crippen molar-refractivity contribution in [3.8, 4) is 0 Å². The summed E-state index contributed by atoms with van der Waals surface area (Å²) in [5, 5.41) is 13.5. The smallest absolute Gasteiger partial charge is 0.194 e. The highest BCUT2D eigenvalue weighted by Crippen LogP contribution is 2.33. The van der Waals surface area contributed by atoms with Gasteiger partial charge in [0.15, 0.2) is 23.7 Å². The highest BCUT2D eigenvalue weighted by atomic mass is 32.2. The van der Waals surface area contributed by atoms with Crippen LogP contribution in [0.2, 0.25) is 0 Å². The Labute approximate surface area is 209 Å². The van der Waals surface area contributed by atoms with Gasteiger partial charge < -0.3 is 15.0 Å². The standard InChI is InChI=1S/C26H29F3N4O2S/c1-16(9-10-17-7-5-4-6-8-17)22-12-11-19-23(36(35,30-2)32-22)15-33(3)25(19)26(34)31-18-13-20(27)24(29)21(28)14-18/h4-8,11-16,22,26,31,34H,9-10H2,1-3H3,(H,30,32,35)/t16?,22-,26?,36?/m1/s1. The van der Waals surface area contributed by atoms with Crippen LogP contribution in [0.25, 0.3) is 6.08 Å². The summed E-state index contributed by atoms with van der Waals surface area (Å²) in [6, 6.07) is 11.4. The second kappa shape index (κ2) is 10.5. The van der Waals surface area contributed by atoms with Crippen LogP contribution in [0.5, 0.6) is 0 Å². The number of anilines is 1. The molecule has 0 saturated carbocycles. The predicted molar refractivity (Wildman–Crippen MR) is 135 cm³/mol. The molecule has 192 valence electrons. The minimum absolute atomic E-state index is 0.124. The minimum atomic E-state index is -3.04. The Morgan fingerprint density at radius 3 is 2.50 bits per heavy atom. The lowest BCUT2D eigenvalue weighted by Crippen LogP contribution is -2.37. The Bertz CT molecular complexity index is 1370. The zero-order valence-electron chi connectivity index (χ0n) is 20.2. The van der Waals surface area contributed by atoms with Gasteiger partial charge in [-0.25, -0.2) is 26.5 Å². The topological polar surface area (TPSA) is 78.7 Å². The van der Waals surface area contributed by atoms with E-state index in [1.165, 1.54) is 12.6 Å². The number of aromatic nitrogens is 1. The van der Waals surface area contributed by atoms with E-state index in [9.17, 15) is 22.5 Å². The molecule has 4 atom stereocenters. The van der Waals surface area contributed by atoms with E-state index in [1.807, 2.05) is 24.3 Å². The van der Waals surface area contributed by atoms with Crippen LogP contribution in [0.1, 0.15) is 36.4 Å². The maximum absolute atomic E-state index is 13.9. The molecule has 1 aliphatic rings. The van der Waals surface area contributed by atoms with Gasteiger partial charge in [-0.3, -0.25) is 0 Å². The van der Waals surface area contributed by atoms with E-state index in [0.717, 1.165) is 25.0 Å². The summed E-state index contributed by atoms with van der Waals surface area (Å²) in [6.45, 7) is 2.07. The molecule has 1 aliphatic heterocycles.